The Morgan fingerprint density at radius 1 is 1.38 bits per heavy atom. The summed E-state index contributed by atoms with van der Waals surface area (Å²) >= 11 is 13.6. The van der Waals surface area contributed by atoms with Gasteiger partial charge in [-0.3, -0.25) is 0 Å². The summed E-state index contributed by atoms with van der Waals surface area (Å²) in [5.41, 5.74) is 1.18. The van der Waals surface area contributed by atoms with Crippen LogP contribution in [-0.4, -0.2) is 46.1 Å². The van der Waals surface area contributed by atoms with Crippen molar-refractivity contribution in [2.45, 2.75) is 13.0 Å². The fourth-order valence-electron chi connectivity index (χ4n) is 1.98. The van der Waals surface area contributed by atoms with Crippen LogP contribution in [0.2, 0.25) is 10.0 Å². The van der Waals surface area contributed by atoms with Crippen molar-refractivity contribution >= 4 is 52.7 Å². The van der Waals surface area contributed by atoms with Gasteiger partial charge in [-0.15, -0.1) is 0 Å². The average molecular weight is 349 g/mol. The van der Waals surface area contributed by atoms with Gasteiger partial charge in [0.15, 0.2) is 0 Å². The minimum Gasteiger partial charge on any atom is -0.480 e. The standard InChI is InChI=1S/C13H14Cl2N2O3S/c1-7-4-9(15)10(5-8(7)14)16-13(20)17-2-3-21-6-11(17)12(18)19/h4-5,11H,2-3,6H2,1H3,(H,16,20)(H,18,19). The van der Waals surface area contributed by atoms with Gasteiger partial charge in [0.05, 0.1) is 10.7 Å². The van der Waals surface area contributed by atoms with E-state index in [1.165, 1.54) is 16.7 Å². The first kappa shape index (κ1) is 16.3. The van der Waals surface area contributed by atoms with Crippen LogP contribution in [0, 0.1) is 6.92 Å². The van der Waals surface area contributed by atoms with Crippen LogP contribution in [0.5, 0.6) is 0 Å². The van der Waals surface area contributed by atoms with Crippen molar-refractivity contribution < 1.29 is 14.7 Å². The normalized spacial score (nSPS) is 18.4. The minimum atomic E-state index is -1.01. The number of carboxylic acids is 1. The van der Waals surface area contributed by atoms with E-state index in [4.69, 9.17) is 23.2 Å². The molecule has 8 heteroatoms. The number of nitrogens with zero attached hydrogens (tertiary/aromatic N) is 1. The number of rotatable bonds is 2. The Morgan fingerprint density at radius 3 is 2.76 bits per heavy atom. The number of carbonyl (C=O) groups excluding carboxylic acids is 1. The van der Waals surface area contributed by atoms with Crippen molar-refractivity contribution in [1.82, 2.24) is 4.90 Å². The third-order valence-electron chi connectivity index (χ3n) is 3.16. The van der Waals surface area contributed by atoms with E-state index >= 15 is 0 Å². The largest absolute Gasteiger partial charge is 0.480 e. The summed E-state index contributed by atoms with van der Waals surface area (Å²) in [6.07, 6.45) is 0. The van der Waals surface area contributed by atoms with Crippen molar-refractivity contribution in [3.8, 4) is 0 Å². The van der Waals surface area contributed by atoms with Crippen LogP contribution in [0.25, 0.3) is 0 Å². The van der Waals surface area contributed by atoms with Gasteiger partial charge in [0.25, 0.3) is 0 Å². The zero-order chi connectivity index (χ0) is 15.6. The fraction of sp³-hybridized carbons (Fsp3) is 0.385. The molecule has 0 saturated carbocycles. The highest BCUT2D eigenvalue weighted by atomic mass is 35.5. The third kappa shape index (κ3) is 3.75. The van der Waals surface area contributed by atoms with Crippen molar-refractivity contribution in [2.24, 2.45) is 0 Å². The molecule has 1 saturated heterocycles. The van der Waals surface area contributed by atoms with Crippen LogP contribution in [0.3, 0.4) is 0 Å². The summed E-state index contributed by atoms with van der Waals surface area (Å²) in [6, 6.07) is 1.90. The number of nitrogens with one attached hydrogen (secondary N) is 1. The maximum atomic E-state index is 12.3. The Labute approximate surface area is 136 Å². The summed E-state index contributed by atoms with van der Waals surface area (Å²) in [5.74, 6) is 0.0791. The van der Waals surface area contributed by atoms with Crippen LogP contribution >= 0.6 is 35.0 Å². The fourth-order valence-corrected chi connectivity index (χ4v) is 3.45. The van der Waals surface area contributed by atoms with Gasteiger partial charge in [0, 0.05) is 23.1 Å². The van der Waals surface area contributed by atoms with E-state index in [9.17, 15) is 14.7 Å². The van der Waals surface area contributed by atoms with E-state index in [1.807, 2.05) is 6.92 Å². The highest BCUT2D eigenvalue weighted by molar-refractivity contribution is 7.99. The zero-order valence-electron chi connectivity index (χ0n) is 11.2. The number of thioether (sulfide) groups is 1. The Balaban J connectivity index is 2.17. The molecule has 1 aromatic rings. The predicted molar refractivity (Wildman–Crippen MR) is 85.7 cm³/mol. The van der Waals surface area contributed by atoms with Gasteiger partial charge in [-0.05, 0) is 24.6 Å². The second-order valence-electron chi connectivity index (χ2n) is 4.63. The highest BCUT2D eigenvalue weighted by Crippen LogP contribution is 2.29. The second kappa shape index (κ2) is 6.77. The number of anilines is 1. The van der Waals surface area contributed by atoms with Crippen LogP contribution in [0.15, 0.2) is 12.1 Å². The number of benzene rings is 1. The molecule has 0 radical (unpaired) electrons. The van der Waals surface area contributed by atoms with E-state index in [2.05, 4.69) is 5.32 Å². The van der Waals surface area contributed by atoms with E-state index < -0.39 is 18.0 Å². The van der Waals surface area contributed by atoms with Crippen LogP contribution < -0.4 is 5.32 Å². The average Bonchev–Trinajstić information content (AvgIpc) is 2.44. The SMILES string of the molecule is Cc1cc(Cl)c(NC(=O)N2CCSCC2C(=O)O)cc1Cl. The first-order valence-corrected chi connectivity index (χ1v) is 8.15. The number of aliphatic carboxylic acids is 1. The predicted octanol–water partition coefficient (Wildman–Crippen LogP) is 3.34. The molecule has 0 aromatic heterocycles. The summed E-state index contributed by atoms with van der Waals surface area (Å²) < 4.78 is 0. The first-order chi connectivity index (χ1) is 9.90. The van der Waals surface area contributed by atoms with E-state index in [0.29, 0.717) is 33.8 Å². The molecule has 0 spiro atoms. The number of halogens is 2. The van der Waals surface area contributed by atoms with Crippen LogP contribution in [0.4, 0.5) is 10.5 Å². The van der Waals surface area contributed by atoms with Crippen molar-refractivity contribution in [2.75, 3.05) is 23.4 Å². The topological polar surface area (TPSA) is 69.6 Å². The Kier molecular flexibility index (Phi) is 5.24. The summed E-state index contributed by atoms with van der Waals surface area (Å²) in [5, 5.41) is 12.7. The number of amides is 2. The third-order valence-corrected chi connectivity index (χ3v) is 4.91. The molecular weight excluding hydrogens is 335 g/mol. The minimum absolute atomic E-state index is 0.364. The molecule has 1 aliphatic rings. The molecule has 1 aromatic carbocycles. The lowest BCUT2D eigenvalue weighted by molar-refractivity contribution is -0.141. The van der Waals surface area contributed by atoms with Crippen molar-refractivity contribution in [1.29, 1.82) is 0 Å². The number of aryl methyl sites for hydroxylation is 1. The molecule has 2 rings (SSSR count). The van der Waals surface area contributed by atoms with Gasteiger partial charge in [-0.1, -0.05) is 23.2 Å². The molecule has 1 aliphatic heterocycles. The van der Waals surface area contributed by atoms with Gasteiger partial charge in [0.1, 0.15) is 6.04 Å². The highest BCUT2D eigenvalue weighted by Gasteiger charge is 2.32. The molecular formula is C13H14Cl2N2O3S. The summed E-state index contributed by atoms with van der Waals surface area (Å²) in [4.78, 5) is 24.8. The molecule has 0 bridgehead atoms. The van der Waals surface area contributed by atoms with Crippen LogP contribution in [0.1, 0.15) is 5.56 Å². The Hall–Kier alpha value is -1.11. The molecule has 2 N–H and O–H groups in total. The molecule has 1 heterocycles. The van der Waals surface area contributed by atoms with E-state index in [0.717, 1.165) is 5.56 Å². The Bertz CT molecular complexity index is 583. The lowest BCUT2D eigenvalue weighted by Gasteiger charge is -2.32. The van der Waals surface area contributed by atoms with Crippen LogP contribution in [-0.2, 0) is 4.79 Å². The van der Waals surface area contributed by atoms with Gasteiger partial charge >= 0.3 is 12.0 Å². The monoisotopic (exact) mass is 348 g/mol. The molecule has 1 unspecified atom stereocenters. The van der Waals surface area contributed by atoms with Crippen molar-refractivity contribution in [3.63, 3.8) is 0 Å². The maximum Gasteiger partial charge on any atom is 0.327 e. The molecule has 5 nitrogen and oxygen atoms in total. The van der Waals surface area contributed by atoms with Gasteiger partial charge < -0.3 is 15.3 Å². The second-order valence-corrected chi connectivity index (χ2v) is 6.60. The van der Waals surface area contributed by atoms with Gasteiger partial charge in [-0.2, -0.15) is 11.8 Å². The molecule has 21 heavy (non-hydrogen) atoms. The van der Waals surface area contributed by atoms with E-state index in [1.54, 1.807) is 12.1 Å². The van der Waals surface area contributed by atoms with Crippen molar-refractivity contribution in [3.05, 3.63) is 27.7 Å². The number of carbonyl (C=O) groups is 2. The van der Waals surface area contributed by atoms with Gasteiger partial charge in [-0.25, -0.2) is 9.59 Å². The Morgan fingerprint density at radius 2 is 2.10 bits per heavy atom. The maximum absolute atomic E-state index is 12.3. The first-order valence-electron chi connectivity index (χ1n) is 6.24. The summed E-state index contributed by atoms with van der Waals surface area (Å²) in [6.45, 7) is 2.19. The number of carboxylic acid groups (broad SMARTS) is 1. The molecule has 0 aliphatic carbocycles. The smallest absolute Gasteiger partial charge is 0.327 e. The zero-order valence-corrected chi connectivity index (χ0v) is 13.6. The number of hydrogen-bond donors (Lipinski definition) is 2. The number of hydrogen-bond acceptors (Lipinski definition) is 3. The van der Waals surface area contributed by atoms with Gasteiger partial charge in [0.2, 0.25) is 0 Å². The molecule has 2 amide bonds. The number of urea groups is 1. The molecule has 1 atom stereocenters. The summed E-state index contributed by atoms with van der Waals surface area (Å²) in [7, 11) is 0. The quantitative estimate of drug-likeness (QED) is 0.859. The molecule has 1 fully saturated rings. The lowest BCUT2D eigenvalue weighted by atomic mass is 10.2. The van der Waals surface area contributed by atoms with E-state index in [-0.39, 0.29) is 0 Å². The lowest BCUT2D eigenvalue weighted by Crippen LogP contribution is -2.51. The molecule has 114 valence electrons.